The molecule has 6 nitrogen and oxygen atoms in total. The molecule has 0 radical (unpaired) electrons. The zero-order chi connectivity index (χ0) is 13.1. The van der Waals surface area contributed by atoms with Gasteiger partial charge in [0, 0.05) is 16.7 Å². The number of benzene rings is 1. The van der Waals surface area contributed by atoms with Crippen LogP contribution in [0.4, 0.5) is 0 Å². The Morgan fingerprint density at radius 2 is 2.28 bits per heavy atom. The Kier molecular flexibility index (Phi) is 3.38. The van der Waals surface area contributed by atoms with Crippen molar-refractivity contribution < 1.29 is 9.90 Å². The van der Waals surface area contributed by atoms with Crippen LogP contribution in [0.3, 0.4) is 0 Å². The molecule has 1 aromatic carbocycles. The highest BCUT2D eigenvalue weighted by Gasteiger charge is 2.09. The van der Waals surface area contributed by atoms with Crippen molar-refractivity contribution >= 4 is 23.1 Å². The van der Waals surface area contributed by atoms with Gasteiger partial charge in [-0.15, -0.1) is 5.10 Å². The van der Waals surface area contributed by atoms with E-state index in [2.05, 4.69) is 15.5 Å². The number of allylic oxidation sites excluding steroid dienone is 1. The number of nitrogens with zero attached hydrogens (tertiary/aromatic N) is 4. The van der Waals surface area contributed by atoms with Crippen molar-refractivity contribution in [1.82, 2.24) is 20.2 Å². The highest BCUT2D eigenvalue weighted by Crippen LogP contribution is 2.25. The number of tetrazole rings is 1. The number of aliphatic carboxylic acids is 1. The molecular weight excluding hydrogens is 256 g/mol. The highest BCUT2D eigenvalue weighted by molar-refractivity contribution is 6.30. The first-order valence-corrected chi connectivity index (χ1v) is 5.40. The first-order chi connectivity index (χ1) is 8.58. The van der Waals surface area contributed by atoms with Gasteiger partial charge in [0.25, 0.3) is 0 Å². The standard InChI is InChI=1S/C11H9ClN4O2/c1-7(4-11(17)18)9-5-8(12)2-3-10(9)16-6-13-14-15-16/h2-6H,1H3,(H,17,18). The van der Waals surface area contributed by atoms with E-state index in [1.807, 2.05) is 0 Å². The van der Waals surface area contributed by atoms with Crippen LogP contribution in [0.25, 0.3) is 11.3 Å². The zero-order valence-electron chi connectivity index (χ0n) is 9.41. The van der Waals surface area contributed by atoms with E-state index in [9.17, 15) is 4.79 Å². The molecule has 0 saturated heterocycles. The van der Waals surface area contributed by atoms with E-state index in [0.29, 0.717) is 21.8 Å². The molecular formula is C11H9ClN4O2. The molecule has 18 heavy (non-hydrogen) atoms. The molecule has 0 fully saturated rings. The lowest BCUT2D eigenvalue weighted by atomic mass is 10.0. The van der Waals surface area contributed by atoms with E-state index in [1.165, 1.54) is 11.0 Å². The van der Waals surface area contributed by atoms with Crippen LogP contribution in [0.5, 0.6) is 0 Å². The summed E-state index contributed by atoms with van der Waals surface area (Å²) in [6.07, 6.45) is 2.54. The Morgan fingerprint density at radius 1 is 1.50 bits per heavy atom. The van der Waals surface area contributed by atoms with Crippen molar-refractivity contribution in [1.29, 1.82) is 0 Å². The fraction of sp³-hybridized carbons (Fsp3) is 0.0909. The van der Waals surface area contributed by atoms with Gasteiger partial charge in [-0.3, -0.25) is 0 Å². The Labute approximate surface area is 108 Å². The van der Waals surface area contributed by atoms with E-state index in [0.717, 1.165) is 6.08 Å². The van der Waals surface area contributed by atoms with Gasteiger partial charge < -0.3 is 5.11 Å². The van der Waals surface area contributed by atoms with Crippen LogP contribution in [0, 0.1) is 0 Å². The molecule has 0 spiro atoms. The summed E-state index contributed by atoms with van der Waals surface area (Å²) in [5, 5.41) is 20.2. The van der Waals surface area contributed by atoms with Crippen molar-refractivity contribution in [3.63, 3.8) is 0 Å². The second-order valence-electron chi connectivity index (χ2n) is 3.58. The zero-order valence-corrected chi connectivity index (χ0v) is 10.2. The summed E-state index contributed by atoms with van der Waals surface area (Å²) < 4.78 is 1.45. The lowest BCUT2D eigenvalue weighted by Crippen LogP contribution is -2.00. The summed E-state index contributed by atoms with van der Waals surface area (Å²) in [4.78, 5) is 10.7. The summed E-state index contributed by atoms with van der Waals surface area (Å²) in [7, 11) is 0. The fourth-order valence-electron chi connectivity index (χ4n) is 1.56. The Bertz CT molecular complexity index is 608. The number of carboxylic acids is 1. The first kappa shape index (κ1) is 12.3. The van der Waals surface area contributed by atoms with Gasteiger partial charge in [0.15, 0.2) is 0 Å². The third kappa shape index (κ3) is 2.54. The van der Waals surface area contributed by atoms with Crippen molar-refractivity contribution in [2.24, 2.45) is 0 Å². The quantitative estimate of drug-likeness (QED) is 0.855. The van der Waals surface area contributed by atoms with Crippen molar-refractivity contribution in [3.8, 4) is 5.69 Å². The summed E-state index contributed by atoms with van der Waals surface area (Å²) >= 11 is 5.92. The van der Waals surface area contributed by atoms with Gasteiger partial charge in [-0.2, -0.15) is 4.68 Å². The van der Waals surface area contributed by atoms with Gasteiger partial charge in [0.2, 0.25) is 0 Å². The number of hydrogen-bond donors (Lipinski definition) is 1. The molecule has 1 N–H and O–H groups in total. The average molecular weight is 265 g/mol. The van der Waals surface area contributed by atoms with E-state index in [4.69, 9.17) is 16.7 Å². The smallest absolute Gasteiger partial charge is 0.328 e. The molecule has 0 amide bonds. The van der Waals surface area contributed by atoms with Gasteiger partial charge in [0.05, 0.1) is 5.69 Å². The predicted molar refractivity (Wildman–Crippen MR) is 65.5 cm³/mol. The normalized spacial score (nSPS) is 11.6. The number of halogens is 1. The molecule has 0 aliphatic carbocycles. The minimum atomic E-state index is -1.02. The van der Waals surface area contributed by atoms with Crippen LogP contribution in [0.2, 0.25) is 5.02 Å². The van der Waals surface area contributed by atoms with Crippen molar-refractivity contribution in [2.45, 2.75) is 6.92 Å². The van der Waals surface area contributed by atoms with E-state index >= 15 is 0 Å². The number of carboxylic acid groups (broad SMARTS) is 1. The molecule has 0 saturated carbocycles. The monoisotopic (exact) mass is 264 g/mol. The number of carbonyl (C=O) groups is 1. The molecule has 92 valence electrons. The van der Waals surface area contributed by atoms with E-state index in [-0.39, 0.29) is 0 Å². The lowest BCUT2D eigenvalue weighted by molar-refractivity contribution is -0.131. The van der Waals surface area contributed by atoms with Gasteiger partial charge in [-0.1, -0.05) is 11.6 Å². The molecule has 0 bridgehead atoms. The maximum Gasteiger partial charge on any atom is 0.328 e. The molecule has 7 heteroatoms. The van der Waals surface area contributed by atoms with Crippen LogP contribution in [-0.2, 0) is 4.79 Å². The minimum Gasteiger partial charge on any atom is -0.478 e. The van der Waals surface area contributed by atoms with Crippen LogP contribution in [-0.4, -0.2) is 31.3 Å². The third-order valence-electron chi connectivity index (χ3n) is 2.32. The summed E-state index contributed by atoms with van der Waals surface area (Å²) in [5.74, 6) is -1.02. The molecule has 0 aliphatic rings. The molecule has 2 rings (SSSR count). The largest absolute Gasteiger partial charge is 0.478 e. The molecule has 0 aliphatic heterocycles. The number of hydrogen-bond acceptors (Lipinski definition) is 4. The Morgan fingerprint density at radius 3 is 2.89 bits per heavy atom. The Balaban J connectivity index is 2.58. The van der Waals surface area contributed by atoms with Crippen LogP contribution < -0.4 is 0 Å². The fourth-order valence-corrected chi connectivity index (χ4v) is 1.73. The van der Waals surface area contributed by atoms with Crippen molar-refractivity contribution in [2.75, 3.05) is 0 Å². The highest BCUT2D eigenvalue weighted by atomic mass is 35.5. The van der Waals surface area contributed by atoms with Gasteiger partial charge in [-0.25, -0.2) is 4.79 Å². The first-order valence-electron chi connectivity index (χ1n) is 5.02. The van der Waals surface area contributed by atoms with Gasteiger partial charge >= 0.3 is 5.97 Å². The summed E-state index contributed by atoms with van der Waals surface area (Å²) in [6, 6.07) is 5.09. The van der Waals surface area contributed by atoms with Crippen LogP contribution in [0.1, 0.15) is 12.5 Å². The van der Waals surface area contributed by atoms with E-state index < -0.39 is 5.97 Å². The van der Waals surface area contributed by atoms with E-state index in [1.54, 1.807) is 25.1 Å². The molecule has 0 unspecified atom stereocenters. The lowest BCUT2D eigenvalue weighted by Gasteiger charge is -2.09. The average Bonchev–Trinajstić information content (AvgIpc) is 2.81. The maximum atomic E-state index is 10.7. The Hall–Kier alpha value is -2.21. The second-order valence-corrected chi connectivity index (χ2v) is 4.02. The topological polar surface area (TPSA) is 80.9 Å². The molecule has 1 heterocycles. The SMILES string of the molecule is CC(=CC(=O)O)c1cc(Cl)ccc1-n1cnnn1. The minimum absolute atomic E-state index is 0.514. The summed E-state index contributed by atoms with van der Waals surface area (Å²) in [5.41, 5.74) is 1.90. The number of rotatable bonds is 3. The number of aromatic nitrogens is 4. The van der Waals surface area contributed by atoms with Crippen molar-refractivity contribution in [3.05, 3.63) is 41.2 Å². The molecule has 1 aromatic heterocycles. The maximum absolute atomic E-state index is 10.7. The van der Waals surface area contributed by atoms with Crippen LogP contribution in [0.15, 0.2) is 30.6 Å². The third-order valence-corrected chi connectivity index (χ3v) is 2.55. The van der Waals surface area contributed by atoms with Gasteiger partial charge in [-0.05, 0) is 41.1 Å². The van der Waals surface area contributed by atoms with Crippen LogP contribution >= 0.6 is 11.6 Å². The summed E-state index contributed by atoms with van der Waals surface area (Å²) in [6.45, 7) is 1.69. The van der Waals surface area contributed by atoms with Gasteiger partial charge in [0.1, 0.15) is 6.33 Å². The molecule has 0 atom stereocenters. The second kappa shape index (κ2) is 4.97. The predicted octanol–water partition coefficient (Wildman–Crippen LogP) is 1.80. The molecule has 2 aromatic rings.